The number of methoxy groups -OCH3 is 2. The van der Waals surface area contributed by atoms with Crippen LogP contribution >= 0.6 is 0 Å². The van der Waals surface area contributed by atoms with E-state index in [9.17, 15) is 38.4 Å². The van der Waals surface area contributed by atoms with E-state index in [1.54, 1.807) is 60.3 Å². The molecule has 87 heavy (non-hydrogen) atoms. The molecular weight excluding hydrogens is 1110 g/mol. The number of piperazine rings is 2. The number of rotatable bonds is 16. The summed E-state index contributed by atoms with van der Waals surface area (Å²) in [5, 5.41) is 28.0. The van der Waals surface area contributed by atoms with E-state index in [2.05, 4.69) is 55.0 Å². The van der Waals surface area contributed by atoms with Crippen molar-refractivity contribution in [3.8, 4) is 0 Å². The van der Waals surface area contributed by atoms with Crippen molar-refractivity contribution in [2.24, 2.45) is 0 Å². The molecule has 0 aliphatic carbocycles. The summed E-state index contributed by atoms with van der Waals surface area (Å²) in [5.74, 6) is -4.01. The smallest absolute Gasteiger partial charge is 0.337 e. The summed E-state index contributed by atoms with van der Waals surface area (Å²) in [4.78, 5) is 107. The van der Waals surface area contributed by atoms with Gasteiger partial charge in [-0.1, -0.05) is 72.8 Å². The Hall–Kier alpha value is -10.0. The Morgan fingerprint density at radius 3 is 1.14 bits per heavy atom. The molecule has 22 nitrogen and oxygen atoms in total. The van der Waals surface area contributed by atoms with Crippen molar-refractivity contribution in [1.29, 1.82) is 0 Å². The molecule has 10 rings (SSSR count). The lowest BCUT2D eigenvalue weighted by Gasteiger charge is -2.32. The van der Waals surface area contributed by atoms with E-state index in [0.29, 0.717) is 69.3 Å². The molecule has 4 heterocycles. The zero-order chi connectivity index (χ0) is 62.3. The van der Waals surface area contributed by atoms with Gasteiger partial charge in [0.15, 0.2) is 0 Å². The van der Waals surface area contributed by atoms with E-state index in [-0.39, 0.29) is 23.6 Å². The average Bonchev–Trinajstić information content (AvgIpc) is 1.88. The summed E-state index contributed by atoms with van der Waals surface area (Å²) in [6.07, 6.45) is -0.806. The van der Waals surface area contributed by atoms with Crippen molar-refractivity contribution in [3.05, 3.63) is 179 Å². The van der Waals surface area contributed by atoms with E-state index in [1.165, 1.54) is 14.2 Å². The average molecular weight is 1180 g/mol. The number of carboxylic acid groups (broad SMARTS) is 2. The number of amides is 4. The third-order valence-corrected chi connectivity index (χ3v) is 15.0. The molecule has 0 atom stereocenters. The second kappa shape index (κ2) is 29.2. The van der Waals surface area contributed by atoms with Crippen LogP contribution < -0.4 is 31.1 Å². The molecule has 0 bridgehead atoms. The van der Waals surface area contributed by atoms with Gasteiger partial charge in [0.2, 0.25) is 11.8 Å². The first-order valence-electron chi connectivity index (χ1n) is 28.0. The molecule has 22 heteroatoms. The highest BCUT2D eigenvalue weighted by Crippen LogP contribution is 2.40. The van der Waals surface area contributed by atoms with Crippen molar-refractivity contribution in [3.63, 3.8) is 0 Å². The van der Waals surface area contributed by atoms with Gasteiger partial charge in [0, 0.05) is 100 Å². The molecule has 0 radical (unpaired) electrons. The number of nitrogens with zero attached hydrogens (tertiary/aromatic N) is 6. The maximum Gasteiger partial charge on any atom is 0.337 e. The van der Waals surface area contributed by atoms with Crippen LogP contribution in [0.4, 0.5) is 34.1 Å². The zero-order valence-electron chi connectivity index (χ0n) is 49.3. The van der Waals surface area contributed by atoms with E-state index < -0.39 is 30.3 Å². The van der Waals surface area contributed by atoms with Gasteiger partial charge in [0.05, 0.1) is 72.4 Å². The molecule has 0 saturated carbocycles. The van der Waals surface area contributed by atoms with Gasteiger partial charge < -0.3 is 60.6 Å². The summed E-state index contributed by atoms with van der Waals surface area (Å²) in [7, 11) is 10.4. The van der Waals surface area contributed by atoms with Crippen LogP contribution in [0.25, 0.3) is 22.5 Å². The molecule has 0 spiro atoms. The van der Waals surface area contributed by atoms with Crippen LogP contribution in [-0.2, 0) is 38.2 Å². The van der Waals surface area contributed by atoms with Crippen molar-refractivity contribution in [2.75, 3.05) is 139 Å². The number of likely N-dealkylation sites (N-methyl/N-ethyl adjacent to an activating group) is 4. The van der Waals surface area contributed by atoms with Crippen LogP contribution in [0.1, 0.15) is 49.4 Å². The van der Waals surface area contributed by atoms with Gasteiger partial charge in [-0.25, -0.2) is 9.59 Å². The van der Waals surface area contributed by atoms with Crippen molar-refractivity contribution in [2.45, 2.75) is 6.42 Å². The van der Waals surface area contributed by atoms with Crippen LogP contribution in [0.2, 0.25) is 0 Å². The second-order valence-corrected chi connectivity index (χ2v) is 21.0. The van der Waals surface area contributed by atoms with E-state index in [4.69, 9.17) is 19.7 Å². The zero-order valence-corrected chi connectivity index (χ0v) is 49.3. The number of anilines is 6. The number of esters is 2. The van der Waals surface area contributed by atoms with Gasteiger partial charge in [-0.05, 0) is 98.0 Å². The molecule has 0 unspecified atom stereocenters. The molecule has 6 aromatic carbocycles. The first kappa shape index (κ1) is 63.0. The SMILES string of the molecule is COC(=O)c1ccc2c(c1)NC(=O)/C2=C(\Nc1ccc(N(C)C(=O)CN2CCN(C)CC2)cc1)c1ccccc1.COC(=O)c1ccc2c(c1)NC(=O)/C2=C(\Nc1ccc(N(C)C(=O)CN2CCN(C)CC2)cc1)c1ccccc1.O=C(O)CC(=O)O. The molecule has 6 N–H and O–H groups in total. The van der Waals surface area contributed by atoms with Crippen LogP contribution in [0.5, 0.6) is 0 Å². The van der Waals surface area contributed by atoms with Crippen molar-refractivity contribution < 1.29 is 58.0 Å². The molecule has 452 valence electrons. The van der Waals surface area contributed by atoms with Gasteiger partial charge in [-0.3, -0.25) is 38.6 Å². The second-order valence-electron chi connectivity index (χ2n) is 21.0. The first-order chi connectivity index (χ1) is 41.8. The number of carboxylic acids is 2. The van der Waals surface area contributed by atoms with Gasteiger partial charge in [0.25, 0.3) is 11.8 Å². The standard InChI is InChI=1S/2C31H33N5O4.C3H4O4/c2*1-34-15-17-36(18-16-34)20-27(37)35(2)24-12-10-23(11-13-24)32-29(21-7-5-4-6-8-21)28-25-14-9-22(31(39)40-3)19-26(25)33-30(28)38;4-2(5)1-3(6)7/h2*4-14,19,32H,15-18,20H2,1-3H3,(H,33,38);1H2,(H,4,5)(H,6,7)/b2*29-28-;. The normalized spacial score (nSPS) is 15.9. The number of fused-ring (bicyclic) bond motifs is 2. The number of hydrogen-bond donors (Lipinski definition) is 6. The number of benzene rings is 6. The fraction of sp³-hybridized carbons (Fsp3) is 0.262. The Bertz CT molecular complexity index is 3350. The maximum atomic E-state index is 13.2. The van der Waals surface area contributed by atoms with E-state index >= 15 is 0 Å². The van der Waals surface area contributed by atoms with E-state index in [1.807, 2.05) is 109 Å². The van der Waals surface area contributed by atoms with Crippen LogP contribution in [0, 0.1) is 0 Å². The Kier molecular flexibility index (Phi) is 21.2. The molecule has 2 saturated heterocycles. The lowest BCUT2D eigenvalue weighted by Crippen LogP contribution is -2.48. The van der Waals surface area contributed by atoms with Gasteiger partial charge in [-0.2, -0.15) is 0 Å². The highest BCUT2D eigenvalue weighted by atomic mass is 16.5. The van der Waals surface area contributed by atoms with Crippen LogP contribution in [-0.4, -0.2) is 185 Å². The van der Waals surface area contributed by atoms with Crippen LogP contribution in [0.3, 0.4) is 0 Å². The fourth-order valence-corrected chi connectivity index (χ4v) is 9.95. The largest absolute Gasteiger partial charge is 0.481 e. The molecule has 4 aliphatic heterocycles. The van der Waals surface area contributed by atoms with Crippen molar-refractivity contribution in [1.82, 2.24) is 19.6 Å². The van der Waals surface area contributed by atoms with Gasteiger partial charge in [-0.15, -0.1) is 0 Å². The lowest BCUT2D eigenvalue weighted by atomic mass is 9.99. The fourth-order valence-electron chi connectivity index (χ4n) is 9.95. The minimum absolute atomic E-state index is 0.0444. The summed E-state index contributed by atoms with van der Waals surface area (Å²) < 4.78 is 9.65. The minimum Gasteiger partial charge on any atom is -0.481 e. The summed E-state index contributed by atoms with van der Waals surface area (Å²) in [5.41, 5.74) is 10.2. The molecule has 0 aromatic heterocycles. The topological polar surface area (TPSA) is 263 Å². The molecule has 2 fully saturated rings. The number of carbonyl (C=O) groups is 8. The van der Waals surface area contributed by atoms with Gasteiger partial charge in [0.1, 0.15) is 6.42 Å². The van der Waals surface area contributed by atoms with Crippen LogP contribution in [0.15, 0.2) is 146 Å². The minimum atomic E-state index is -1.31. The Labute approximate surface area is 504 Å². The molecule has 4 aliphatic rings. The van der Waals surface area contributed by atoms with Gasteiger partial charge >= 0.3 is 23.9 Å². The van der Waals surface area contributed by atoms with Crippen molar-refractivity contribution >= 4 is 104 Å². The Balaban J connectivity index is 0.000000203. The van der Waals surface area contributed by atoms with E-state index in [0.717, 1.165) is 86.2 Å². The third kappa shape index (κ3) is 16.3. The summed E-state index contributed by atoms with van der Waals surface area (Å²) in [6.45, 7) is 8.18. The third-order valence-electron chi connectivity index (χ3n) is 15.0. The predicted molar refractivity (Wildman–Crippen MR) is 334 cm³/mol. The number of aliphatic carboxylic acids is 2. The highest BCUT2D eigenvalue weighted by Gasteiger charge is 2.32. The Morgan fingerprint density at radius 1 is 0.483 bits per heavy atom. The molecule has 4 amide bonds. The number of nitrogens with one attached hydrogen (secondary N) is 4. The number of hydrogen-bond acceptors (Lipinski definition) is 16. The molecular formula is C65H70N10O12. The highest BCUT2D eigenvalue weighted by molar-refractivity contribution is 6.38. The molecule has 6 aromatic rings. The predicted octanol–water partition coefficient (Wildman–Crippen LogP) is 6.78. The quantitative estimate of drug-likeness (QED) is 0.0331. The number of ether oxygens (including phenoxy) is 2. The first-order valence-corrected chi connectivity index (χ1v) is 28.0. The lowest BCUT2D eigenvalue weighted by molar-refractivity contribution is -0.147. The maximum absolute atomic E-state index is 13.2. The monoisotopic (exact) mass is 1180 g/mol. The number of carbonyl (C=O) groups excluding carboxylic acids is 6. The Morgan fingerprint density at radius 2 is 0.828 bits per heavy atom. The summed E-state index contributed by atoms with van der Waals surface area (Å²) in [6, 6.07) is 44.4. The summed E-state index contributed by atoms with van der Waals surface area (Å²) >= 11 is 0.